The maximum atomic E-state index is 13.1. The Morgan fingerprint density at radius 3 is 2.29 bits per heavy atom. The molecule has 0 saturated heterocycles. The van der Waals surface area contributed by atoms with Crippen molar-refractivity contribution in [1.82, 2.24) is 0 Å². The van der Waals surface area contributed by atoms with Crippen LogP contribution in [0.5, 0.6) is 5.75 Å². The molecule has 1 heterocycles. The fraction of sp³-hybridized carbons (Fsp3) is 0. The molecule has 31 heavy (non-hydrogen) atoms. The van der Waals surface area contributed by atoms with E-state index in [1.165, 1.54) is 18.2 Å². The Labute approximate surface area is 196 Å². The van der Waals surface area contributed by atoms with Gasteiger partial charge < -0.3 is 15.9 Å². The third kappa shape index (κ3) is 3.46. The van der Waals surface area contributed by atoms with Crippen molar-refractivity contribution in [2.24, 2.45) is 0 Å². The van der Waals surface area contributed by atoms with Gasteiger partial charge in [0.1, 0.15) is 4.90 Å². The summed E-state index contributed by atoms with van der Waals surface area (Å²) in [6.07, 6.45) is 0. The van der Waals surface area contributed by atoms with Gasteiger partial charge in [-0.3, -0.25) is 14.1 Å². The fourth-order valence-electron chi connectivity index (χ4n) is 3.43. The first kappa shape index (κ1) is 22.7. The zero-order chi connectivity index (χ0) is 22.0. The minimum Gasteiger partial charge on any atom is -0.872 e. The number of anilines is 2. The molecule has 0 radical (unpaired) electrons. The van der Waals surface area contributed by atoms with Crippen LogP contribution in [-0.4, -0.2) is 35.9 Å². The van der Waals surface area contributed by atoms with Crippen LogP contribution < -0.4 is 45.3 Å². The van der Waals surface area contributed by atoms with E-state index in [2.05, 4.69) is 0 Å². The van der Waals surface area contributed by atoms with Crippen LogP contribution in [0.4, 0.5) is 11.4 Å². The number of nitrogens with two attached hydrogens (primary N) is 1. The zero-order valence-corrected chi connectivity index (χ0v) is 18.6. The largest absolute Gasteiger partial charge is 1.00 e. The summed E-state index contributed by atoms with van der Waals surface area (Å²) >= 11 is 0. The molecule has 0 fully saturated rings. The smallest absolute Gasteiger partial charge is 0.872 e. The van der Waals surface area contributed by atoms with Crippen molar-refractivity contribution in [3.8, 4) is 5.75 Å². The molecular formula is C19H11N2NaO8S. The van der Waals surface area contributed by atoms with Gasteiger partial charge in [-0.25, -0.2) is 9.69 Å². The molecule has 0 saturated carbocycles. The second-order valence-electron chi connectivity index (χ2n) is 6.47. The van der Waals surface area contributed by atoms with Crippen molar-refractivity contribution in [1.29, 1.82) is 0 Å². The molecule has 4 rings (SSSR count). The molecule has 0 aliphatic carbocycles. The van der Waals surface area contributed by atoms with Crippen molar-refractivity contribution < 1.29 is 67.1 Å². The predicted molar refractivity (Wildman–Crippen MR) is 102 cm³/mol. The van der Waals surface area contributed by atoms with Gasteiger partial charge >= 0.3 is 35.5 Å². The Bertz CT molecular complexity index is 1420. The summed E-state index contributed by atoms with van der Waals surface area (Å²) in [6, 6.07) is 7.96. The van der Waals surface area contributed by atoms with E-state index in [-0.39, 0.29) is 62.8 Å². The quantitative estimate of drug-likeness (QED) is 0.180. The van der Waals surface area contributed by atoms with Crippen LogP contribution in [0.3, 0.4) is 0 Å². The van der Waals surface area contributed by atoms with E-state index in [1.54, 1.807) is 0 Å². The minimum absolute atomic E-state index is 0. The normalized spacial score (nSPS) is 13.3. The van der Waals surface area contributed by atoms with Crippen LogP contribution in [0, 0.1) is 0 Å². The van der Waals surface area contributed by atoms with Gasteiger partial charge in [0.25, 0.3) is 21.9 Å². The monoisotopic (exact) mass is 450 g/mol. The number of imide groups is 1. The second-order valence-corrected chi connectivity index (χ2v) is 7.86. The molecule has 2 amide bonds. The number of amides is 2. The number of carboxylic acids is 1. The first-order valence-corrected chi connectivity index (χ1v) is 9.72. The van der Waals surface area contributed by atoms with Crippen LogP contribution in [0.2, 0.25) is 0 Å². The molecule has 4 N–H and O–H groups in total. The molecule has 1 aliphatic rings. The number of nitrogen functional groups attached to an aromatic ring is 1. The van der Waals surface area contributed by atoms with E-state index in [4.69, 9.17) is 10.8 Å². The number of hydrogen-bond donors (Lipinski definition) is 3. The van der Waals surface area contributed by atoms with Gasteiger partial charge in [-0.2, -0.15) is 8.42 Å². The van der Waals surface area contributed by atoms with Gasteiger partial charge in [0.05, 0.1) is 22.5 Å². The van der Waals surface area contributed by atoms with E-state index in [9.17, 15) is 32.5 Å². The third-order valence-electron chi connectivity index (χ3n) is 4.76. The summed E-state index contributed by atoms with van der Waals surface area (Å²) in [5.74, 6) is -4.13. The average Bonchev–Trinajstić information content (AvgIpc) is 2.67. The van der Waals surface area contributed by atoms with E-state index in [0.717, 1.165) is 24.3 Å². The molecule has 3 aromatic rings. The Hall–Kier alpha value is -2.96. The van der Waals surface area contributed by atoms with Crippen LogP contribution in [0.1, 0.15) is 31.1 Å². The summed E-state index contributed by atoms with van der Waals surface area (Å²) in [6.45, 7) is 0. The summed E-state index contributed by atoms with van der Waals surface area (Å²) in [4.78, 5) is 37.4. The second kappa shape index (κ2) is 7.62. The molecule has 0 spiro atoms. The molecule has 12 heteroatoms. The number of nitrogens with zero attached hydrogens (tertiary/aromatic N) is 1. The maximum Gasteiger partial charge on any atom is 1.00 e. The Kier molecular flexibility index (Phi) is 5.59. The molecule has 0 aromatic heterocycles. The Morgan fingerprint density at radius 1 is 1.03 bits per heavy atom. The molecule has 0 bridgehead atoms. The third-order valence-corrected chi connectivity index (χ3v) is 5.66. The van der Waals surface area contributed by atoms with Gasteiger partial charge in [-0.1, -0.05) is 23.9 Å². The van der Waals surface area contributed by atoms with Crippen LogP contribution >= 0.6 is 0 Å². The molecule has 0 unspecified atom stereocenters. The molecule has 10 nitrogen and oxygen atoms in total. The van der Waals surface area contributed by atoms with E-state index >= 15 is 0 Å². The van der Waals surface area contributed by atoms with Gasteiger partial charge in [-0.05, 0) is 24.3 Å². The Balaban J connectivity index is 0.00000272. The molecule has 152 valence electrons. The van der Waals surface area contributed by atoms with Crippen LogP contribution in [-0.2, 0) is 10.1 Å². The summed E-state index contributed by atoms with van der Waals surface area (Å²) in [5, 5.41) is 21.1. The number of hydrogen-bond acceptors (Lipinski definition) is 7. The predicted octanol–water partition coefficient (Wildman–Crippen LogP) is -1.75. The van der Waals surface area contributed by atoms with Crippen molar-refractivity contribution >= 4 is 50.0 Å². The number of carbonyl (C=O) groups is 3. The van der Waals surface area contributed by atoms with E-state index in [0.29, 0.717) is 4.90 Å². The van der Waals surface area contributed by atoms with Gasteiger partial charge in [-0.15, -0.1) is 0 Å². The average molecular weight is 450 g/mol. The van der Waals surface area contributed by atoms with Gasteiger partial charge in [0, 0.05) is 16.3 Å². The van der Waals surface area contributed by atoms with Crippen molar-refractivity contribution in [2.75, 3.05) is 10.6 Å². The number of carbonyl (C=O) groups excluding carboxylic acids is 2. The first-order valence-electron chi connectivity index (χ1n) is 8.28. The van der Waals surface area contributed by atoms with Crippen molar-refractivity contribution in [2.45, 2.75) is 4.90 Å². The maximum absolute atomic E-state index is 13.1. The molecule has 0 atom stereocenters. The van der Waals surface area contributed by atoms with Gasteiger partial charge in [0.15, 0.2) is 0 Å². The van der Waals surface area contributed by atoms with Crippen molar-refractivity contribution in [3.05, 3.63) is 59.2 Å². The topological polar surface area (TPSA) is 178 Å². The van der Waals surface area contributed by atoms with E-state index in [1.807, 2.05) is 0 Å². The SMILES string of the molecule is Nc1c(S(=O)(=O)O)cc2c3c(cccc13)C(=O)N(c1ccc([O-])c(C(=O)O)c1)C2=O.[Na+]. The summed E-state index contributed by atoms with van der Waals surface area (Å²) in [5.41, 5.74) is 4.48. The number of benzene rings is 3. The number of aromatic carboxylic acids is 1. The minimum atomic E-state index is -4.79. The first-order chi connectivity index (χ1) is 14.0. The van der Waals surface area contributed by atoms with Gasteiger partial charge in [0.2, 0.25) is 0 Å². The molecular weight excluding hydrogens is 439 g/mol. The molecule has 1 aliphatic heterocycles. The number of carboxylic acid groups (broad SMARTS) is 1. The number of rotatable bonds is 3. The van der Waals surface area contributed by atoms with E-state index < -0.39 is 44.1 Å². The standard InChI is InChI=1S/C19H12N2O8S.Na/c20-16-9-2-1-3-10-15(9)12(7-14(16)30(27,28)29)18(24)21(17(10)23)8-4-5-13(22)11(6-8)19(25)26;/h1-7,22H,20H2,(H,25,26)(H,27,28,29);/q;+1/p-1. The van der Waals surface area contributed by atoms with Crippen molar-refractivity contribution in [3.63, 3.8) is 0 Å². The Morgan fingerprint density at radius 2 is 1.68 bits per heavy atom. The summed E-state index contributed by atoms with van der Waals surface area (Å²) in [7, 11) is -4.79. The summed E-state index contributed by atoms with van der Waals surface area (Å²) < 4.78 is 32.9. The fourth-order valence-corrected chi connectivity index (χ4v) is 4.09. The molecule has 3 aromatic carbocycles. The van der Waals surface area contributed by atoms with Crippen LogP contribution in [0.25, 0.3) is 10.8 Å². The van der Waals surface area contributed by atoms with Crippen LogP contribution in [0.15, 0.2) is 47.4 Å². The zero-order valence-electron chi connectivity index (χ0n) is 15.8.